The third-order valence-corrected chi connectivity index (χ3v) is 5.46. The van der Waals surface area contributed by atoms with Crippen LogP contribution in [-0.4, -0.2) is 52.3 Å². The van der Waals surface area contributed by atoms with Crippen LogP contribution >= 0.6 is 11.8 Å². The van der Waals surface area contributed by atoms with E-state index in [-0.39, 0.29) is 5.82 Å². The Balaban J connectivity index is 1.77. The standard InChI is InChI=1S/C20H21F2N5OS/c1-12-7-8-27(20(23-2)29-3)11-13(12)16-9-25-17(10-24-16)26-19(28)18-14(21)5-4-6-15(18)22/h4-6,9-10H,7-8,11H2,1-3H3,(H,25,26,28)/b23-20+. The summed E-state index contributed by atoms with van der Waals surface area (Å²) in [6, 6.07) is 3.25. The predicted octanol–water partition coefficient (Wildman–Crippen LogP) is 3.84. The van der Waals surface area contributed by atoms with E-state index in [0.717, 1.165) is 35.8 Å². The first-order chi connectivity index (χ1) is 13.9. The lowest BCUT2D eigenvalue weighted by molar-refractivity contribution is 0.101. The molecule has 0 bridgehead atoms. The molecule has 1 N–H and O–H groups in total. The molecule has 2 heterocycles. The van der Waals surface area contributed by atoms with Crippen LogP contribution in [0.1, 0.15) is 29.4 Å². The number of carbonyl (C=O) groups is 1. The summed E-state index contributed by atoms with van der Waals surface area (Å²) < 4.78 is 27.5. The van der Waals surface area contributed by atoms with Crippen molar-refractivity contribution in [1.29, 1.82) is 0 Å². The zero-order valence-corrected chi connectivity index (χ0v) is 17.2. The Hall–Kier alpha value is -2.81. The van der Waals surface area contributed by atoms with E-state index >= 15 is 0 Å². The van der Waals surface area contributed by atoms with E-state index in [1.165, 1.54) is 17.8 Å². The number of hydrogen-bond acceptors (Lipinski definition) is 5. The number of carbonyl (C=O) groups excluding carboxylic acids is 1. The molecule has 1 amide bonds. The molecule has 0 aliphatic carbocycles. The molecular weight excluding hydrogens is 396 g/mol. The van der Waals surface area contributed by atoms with Crippen LogP contribution in [0.2, 0.25) is 0 Å². The summed E-state index contributed by atoms with van der Waals surface area (Å²) in [5, 5.41) is 3.34. The van der Waals surface area contributed by atoms with Gasteiger partial charge in [-0.2, -0.15) is 0 Å². The summed E-state index contributed by atoms with van der Waals surface area (Å²) in [7, 11) is 1.77. The van der Waals surface area contributed by atoms with E-state index in [1.54, 1.807) is 25.0 Å². The third-order valence-electron chi connectivity index (χ3n) is 4.66. The first-order valence-electron chi connectivity index (χ1n) is 8.96. The molecule has 0 unspecified atom stereocenters. The van der Waals surface area contributed by atoms with Gasteiger partial charge in [0.2, 0.25) is 0 Å². The Bertz CT molecular complexity index is 955. The minimum absolute atomic E-state index is 0.118. The smallest absolute Gasteiger partial charge is 0.262 e. The van der Waals surface area contributed by atoms with Crippen LogP contribution in [0.25, 0.3) is 5.57 Å². The van der Waals surface area contributed by atoms with E-state index < -0.39 is 23.1 Å². The van der Waals surface area contributed by atoms with E-state index in [4.69, 9.17) is 0 Å². The normalized spacial score (nSPS) is 14.9. The van der Waals surface area contributed by atoms with Crippen LogP contribution < -0.4 is 5.32 Å². The average molecular weight is 417 g/mol. The number of aromatic nitrogens is 2. The predicted molar refractivity (Wildman–Crippen MR) is 112 cm³/mol. The Labute approximate surface area is 172 Å². The van der Waals surface area contributed by atoms with Crippen molar-refractivity contribution in [1.82, 2.24) is 14.9 Å². The van der Waals surface area contributed by atoms with Crippen molar-refractivity contribution in [2.45, 2.75) is 13.3 Å². The zero-order valence-electron chi connectivity index (χ0n) is 16.4. The SMILES string of the molecule is C/N=C(/SC)N1CCC(C)=C(c2cnc(NC(=O)c3c(F)cccc3F)cn2)C1. The van der Waals surface area contributed by atoms with Crippen molar-refractivity contribution in [2.75, 3.05) is 31.7 Å². The van der Waals surface area contributed by atoms with Gasteiger partial charge >= 0.3 is 0 Å². The number of nitrogens with zero attached hydrogens (tertiary/aromatic N) is 4. The number of benzene rings is 1. The van der Waals surface area contributed by atoms with E-state index in [2.05, 4.69) is 32.1 Å². The first-order valence-corrected chi connectivity index (χ1v) is 10.2. The number of nitrogens with one attached hydrogen (secondary N) is 1. The van der Waals surface area contributed by atoms with Gasteiger partial charge in [-0.15, -0.1) is 0 Å². The second-order valence-electron chi connectivity index (χ2n) is 6.48. The zero-order chi connectivity index (χ0) is 21.0. The van der Waals surface area contributed by atoms with Crippen molar-refractivity contribution in [3.63, 3.8) is 0 Å². The summed E-state index contributed by atoms with van der Waals surface area (Å²) >= 11 is 1.59. The second kappa shape index (κ2) is 9.13. The Kier molecular flexibility index (Phi) is 6.58. The molecule has 3 rings (SSSR count). The van der Waals surface area contributed by atoms with Crippen LogP contribution in [0.4, 0.5) is 14.6 Å². The lowest BCUT2D eigenvalue weighted by atomic mass is 9.99. The number of hydrogen-bond donors (Lipinski definition) is 1. The lowest BCUT2D eigenvalue weighted by Gasteiger charge is -2.31. The third kappa shape index (κ3) is 4.61. The van der Waals surface area contributed by atoms with Gasteiger partial charge in [-0.1, -0.05) is 23.4 Å². The summed E-state index contributed by atoms with van der Waals surface area (Å²) in [6.07, 6.45) is 5.82. The average Bonchev–Trinajstić information content (AvgIpc) is 2.70. The summed E-state index contributed by atoms with van der Waals surface area (Å²) in [4.78, 5) is 27.3. The highest BCUT2D eigenvalue weighted by molar-refractivity contribution is 8.13. The molecule has 2 aromatic rings. The minimum Gasteiger partial charge on any atom is -0.347 e. The van der Waals surface area contributed by atoms with Crippen molar-refractivity contribution >= 4 is 34.2 Å². The summed E-state index contributed by atoms with van der Waals surface area (Å²) in [6.45, 7) is 3.62. The fourth-order valence-electron chi connectivity index (χ4n) is 3.13. The van der Waals surface area contributed by atoms with Crippen molar-refractivity contribution in [3.05, 3.63) is 59.1 Å². The molecule has 152 valence electrons. The molecule has 0 atom stereocenters. The van der Waals surface area contributed by atoms with Gasteiger partial charge in [0.15, 0.2) is 11.0 Å². The maximum absolute atomic E-state index is 13.8. The molecule has 1 aliphatic heterocycles. The van der Waals surface area contributed by atoms with E-state index in [0.29, 0.717) is 12.2 Å². The van der Waals surface area contributed by atoms with E-state index in [9.17, 15) is 13.6 Å². The Morgan fingerprint density at radius 2 is 1.97 bits per heavy atom. The fourth-order valence-corrected chi connectivity index (χ4v) is 3.72. The highest BCUT2D eigenvalue weighted by Crippen LogP contribution is 2.27. The van der Waals surface area contributed by atoms with Gasteiger partial charge in [-0.3, -0.25) is 14.8 Å². The summed E-state index contributed by atoms with van der Waals surface area (Å²) in [5.74, 6) is -2.66. The van der Waals surface area contributed by atoms with Gasteiger partial charge in [0.05, 0.1) is 18.1 Å². The van der Waals surface area contributed by atoms with Crippen molar-refractivity contribution in [2.24, 2.45) is 4.99 Å². The molecule has 0 radical (unpaired) electrons. The van der Waals surface area contributed by atoms with Crippen molar-refractivity contribution < 1.29 is 13.6 Å². The van der Waals surface area contributed by atoms with Gasteiger partial charge in [-0.25, -0.2) is 13.8 Å². The number of thioether (sulfide) groups is 1. The molecule has 0 spiro atoms. The number of amidine groups is 1. The van der Waals surface area contributed by atoms with Crippen LogP contribution in [0.15, 0.2) is 41.2 Å². The number of halogens is 2. The molecule has 0 saturated carbocycles. The van der Waals surface area contributed by atoms with Crippen LogP contribution in [0.5, 0.6) is 0 Å². The Morgan fingerprint density at radius 3 is 2.55 bits per heavy atom. The number of amides is 1. The number of anilines is 1. The highest BCUT2D eigenvalue weighted by atomic mass is 32.2. The molecule has 6 nitrogen and oxygen atoms in total. The topological polar surface area (TPSA) is 70.5 Å². The van der Waals surface area contributed by atoms with Crippen LogP contribution in [0, 0.1) is 11.6 Å². The Morgan fingerprint density at radius 1 is 1.24 bits per heavy atom. The van der Waals surface area contributed by atoms with Crippen molar-refractivity contribution in [3.8, 4) is 0 Å². The first kappa shape index (κ1) is 20.9. The molecule has 1 aromatic carbocycles. The molecule has 29 heavy (non-hydrogen) atoms. The minimum atomic E-state index is -0.933. The van der Waals surface area contributed by atoms with Crippen LogP contribution in [0.3, 0.4) is 0 Å². The maximum Gasteiger partial charge on any atom is 0.262 e. The van der Waals surface area contributed by atoms with Gasteiger partial charge in [0, 0.05) is 20.1 Å². The number of rotatable bonds is 3. The second-order valence-corrected chi connectivity index (χ2v) is 7.25. The van der Waals surface area contributed by atoms with Gasteiger partial charge in [-0.05, 0) is 37.3 Å². The maximum atomic E-state index is 13.8. The fraction of sp³-hybridized carbons (Fsp3) is 0.300. The summed E-state index contributed by atoms with van der Waals surface area (Å²) in [5.41, 5.74) is 2.32. The van der Waals surface area contributed by atoms with Gasteiger partial charge in [0.25, 0.3) is 5.91 Å². The molecule has 1 aliphatic rings. The molecular formula is C20H21F2N5OS. The lowest BCUT2D eigenvalue weighted by Crippen LogP contribution is -2.35. The molecule has 9 heteroatoms. The highest BCUT2D eigenvalue weighted by Gasteiger charge is 2.22. The van der Waals surface area contributed by atoms with E-state index in [1.807, 2.05) is 6.26 Å². The van der Waals surface area contributed by atoms with Gasteiger partial charge in [0.1, 0.15) is 17.2 Å². The van der Waals surface area contributed by atoms with Crippen LogP contribution in [-0.2, 0) is 0 Å². The monoisotopic (exact) mass is 417 g/mol. The molecule has 1 aromatic heterocycles. The largest absolute Gasteiger partial charge is 0.347 e. The number of aliphatic imine (C=N–C) groups is 1. The van der Waals surface area contributed by atoms with Gasteiger partial charge < -0.3 is 10.2 Å². The molecule has 0 fully saturated rings. The quantitative estimate of drug-likeness (QED) is 0.607. The molecule has 0 saturated heterocycles.